The average Bonchev–Trinajstić information content (AvgIpc) is 2.15. The van der Waals surface area contributed by atoms with E-state index in [2.05, 4.69) is 16.8 Å². The van der Waals surface area contributed by atoms with Crippen LogP contribution in [0.25, 0.3) is 0 Å². The lowest BCUT2D eigenvalue weighted by molar-refractivity contribution is -0.115. The zero-order chi connectivity index (χ0) is 8.97. The molecule has 0 saturated carbocycles. The molecule has 1 saturated heterocycles. The summed E-state index contributed by atoms with van der Waals surface area (Å²) < 4.78 is 0. The highest BCUT2D eigenvalue weighted by Gasteiger charge is 2.12. The topological polar surface area (TPSA) is 23.6 Å². The van der Waals surface area contributed by atoms with Crippen LogP contribution in [-0.4, -0.2) is 55.4 Å². The molecule has 0 atom stereocenters. The van der Waals surface area contributed by atoms with Crippen LogP contribution < -0.4 is 0 Å². The Kier molecular flexibility index (Phi) is 3.69. The predicted octanol–water partition coefficient (Wildman–Crippen LogP) is -0.0959. The Morgan fingerprint density at radius 3 is 2.75 bits per heavy atom. The van der Waals surface area contributed by atoms with Crippen molar-refractivity contribution in [2.24, 2.45) is 0 Å². The second kappa shape index (κ2) is 4.58. The molecule has 0 bridgehead atoms. The van der Waals surface area contributed by atoms with E-state index in [1.54, 1.807) is 0 Å². The molecule has 1 aliphatic heterocycles. The molecule has 68 valence electrons. The molecule has 0 aromatic rings. The van der Waals surface area contributed by atoms with Gasteiger partial charge in [-0.25, -0.2) is 0 Å². The minimum atomic E-state index is -0.223. The van der Waals surface area contributed by atoms with Crippen molar-refractivity contribution in [1.82, 2.24) is 9.80 Å². The molecule has 0 N–H and O–H groups in total. The normalized spacial score (nSPS) is 22.2. The lowest BCUT2D eigenvalue weighted by Crippen LogP contribution is -2.32. The summed E-state index contributed by atoms with van der Waals surface area (Å²) in [6, 6.07) is 0. The quantitative estimate of drug-likeness (QED) is 0.575. The first-order valence-electron chi connectivity index (χ1n) is 4.37. The average molecular weight is 168 g/mol. The van der Waals surface area contributed by atoms with Crippen molar-refractivity contribution in [2.75, 3.05) is 39.8 Å². The summed E-state index contributed by atoms with van der Waals surface area (Å²) >= 11 is 0. The van der Waals surface area contributed by atoms with Gasteiger partial charge in [0.2, 0.25) is 0 Å². The maximum atomic E-state index is 10.6. The molecule has 3 nitrogen and oxygen atoms in total. The van der Waals surface area contributed by atoms with Crippen LogP contribution >= 0.6 is 0 Å². The van der Waals surface area contributed by atoms with E-state index in [0.29, 0.717) is 6.54 Å². The van der Waals surface area contributed by atoms with Gasteiger partial charge in [0.25, 0.3) is 0 Å². The number of carbonyl (C=O) groups is 1. The molecular formula is C9H16N2O. The van der Waals surface area contributed by atoms with Crippen molar-refractivity contribution in [2.45, 2.75) is 6.42 Å². The number of ketones is 1. The van der Waals surface area contributed by atoms with Gasteiger partial charge in [-0.1, -0.05) is 0 Å². The van der Waals surface area contributed by atoms with E-state index in [1.807, 2.05) is 0 Å². The predicted molar refractivity (Wildman–Crippen MR) is 47.9 cm³/mol. The maximum absolute atomic E-state index is 10.6. The zero-order valence-corrected chi connectivity index (χ0v) is 7.62. The molecule has 1 heterocycles. The van der Waals surface area contributed by atoms with Crippen molar-refractivity contribution in [1.29, 1.82) is 0 Å². The molecule has 2 radical (unpaired) electrons. The molecule has 0 unspecified atom stereocenters. The first-order chi connectivity index (χ1) is 5.68. The number of hydrogen-bond acceptors (Lipinski definition) is 3. The number of rotatable bonds is 2. The maximum Gasteiger partial charge on any atom is 0.151 e. The van der Waals surface area contributed by atoms with Crippen LogP contribution in [0.4, 0.5) is 0 Å². The smallest absolute Gasteiger partial charge is 0.151 e. The first-order valence-corrected chi connectivity index (χ1v) is 4.37. The molecule has 0 amide bonds. The van der Waals surface area contributed by atoms with Crippen molar-refractivity contribution < 1.29 is 4.79 Å². The van der Waals surface area contributed by atoms with E-state index in [1.165, 1.54) is 0 Å². The summed E-state index contributed by atoms with van der Waals surface area (Å²) in [6.45, 7) is 9.63. The highest BCUT2D eigenvalue weighted by Crippen LogP contribution is 2.00. The van der Waals surface area contributed by atoms with Gasteiger partial charge in [-0.2, -0.15) is 0 Å². The summed E-state index contributed by atoms with van der Waals surface area (Å²) in [7, 11) is 2.10. The van der Waals surface area contributed by atoms with Gasteiger partial charge in [-0.15, -0.1) is 0 Å². The van der Waals surface area contributed by atoms with E-state index < -0.39 is 0 Å². The van der Waals surface area contributed by atoms with Gasteiger partial charge in [0.05, 0.1) is 6.54 Å². The second-order valence-corrected chi connectivity index (χ2v) is 3.40. The highest BCUT2D eigenvalue weighted by molar-refractivity contribution is 5.84. The standard InChI is InChI=1S/C9H16N2O/c1-9(12)8-11-5-3-4-10(2)6-7-11/h1H,3-8H2,2H3. The summed E-state index contributed by atoms with van der Waals surface area (Å²) in [5, 5.41) is 0. The fraction of sp³-hybridized carbons (Fsp3) is 0.778. The Balaban J connectivity index is 2.30. The molecule has 1 rings (SSSR count). The van der Waals surface area contributed by atoms with Crippen molar-refractivity contribution in [3.63, 3.8) is 0 Å². The third kappa shape index (κ3) is 3.32. The van der Waals surface area contributed by atoms with Gasteiger partial charge in [0, 0.05) is 20.0 Å². The molecule has 0 aromatic heterocycles. The van der Waals surface area contributed by atoms with Crippen LogP contribution in [0.1, 0.15) is 6.42 Å². The fourth-order valence-corrected chi connectivity index (χ4v) is 1.48. The molecule has 0 aromatic carbocycles. The number of hydrogen-bond donors (Lipinski definition) is 0. The fourth-order valence-electron chi connectivity index (χ4n) is 1.48. The Bertz CT molecular complexity index is 159. The van der Waals surface area contributed by atoms with Gasteiger partial charge >= 0.3 is 0 Å². The van der Waals surface area contributed by atoms with Crippen LogP contribution in [0.15, 0.2) is 0 Å². The van der Waals surface area contributed by atoms with E-state index in [-0.39, 0.29) is 5.78 Å². The van der Waals surface area contributed by atoms with E-state index in [0.717, 1.165) is 32.6 Å². The summed E-state index contributed by atoms with van der Waals surface area (Å²) in [4.78, 5) is 15.0. The van der Waals surface area contributed by atoms with Gasteiger partial charge in [-0.05, 0) is 26.6 Å². The Morgan fingerprint density at radius 2 is 2.08 bits per heavy atom. The number of Topliss-reactive ketones (excluding diaryl/α,β-unsaturated/α-hetero) is 1. The van der Waals surface area contributed by atoms with Crippen molar-refractivity contribution in [3.05, 3.63) is 6.92 Å². The van der Waals surface area contributed by atoms with Crippen LogP contribution in [0, 0.1) is 6.92 Å². The zero-order valence-electron chi connectivity index (χ0n) is 7.62. The largest absolute Gasteiger partial charge is 0.305 e. The van der Waals surface area contributed by atoms with Gasteiger partial charge in [0.15, 0.2) is 5.78 Å². The SMILES string of the molecule is [CH]C(=O)CN1CCCN(C)CC1. The number of nitrogens with zero attached hydrogens (tertiary/aromatic N) is 2. The minimum Gasteiger partial charge on any atom is -0.305 e. The first kappa shape index (κ1) is 9.68. The molecule has 0 aliphatic carbocycles. The minimum absolute atomic E-state index is 0.223. The van der Waals surface area contributed by atoms with E-state index in [9.17, 15) is 4.79 Å². The highest BCUT2D eigenvalue weighted by atomic mass is 16.1. The molecule has 1 aliphatic rings. The Hall–Kier alpha value is -0.410. The molecule has 0 spiro atoms. The molecule has 3 heteroatoms. The van der Waals surface area contributed by atoms with Gasteiger partial charge in [0.1, 0.15) is 0 Å². The van der Waals surface area contributed by atoms with Crippen molar-refractivity contribution >= 4 is 5.78 Å². The van der Waals surface area contributed by atoms with Gasteiger partial charge < -0.3 is 4.90 Å². The Morgan fingerprint density at radius 1 is 1.33 bits per heavy atom. The van der Waals surface area contributed by atoms with Gasteiger partial charge in [-0.3, -0.25) is 9.69 Å². The number of carbonyl (C=O) groups excluding carboxylic acids is 1. The van der Waals surface area contributed by atoms with Crippen molar-refractivity contribution in [3.8, 4) is 0 Å². The summed E-state index contributed by atoms with van der Waals surface area (Å²) in [5.41, 5.74) is 0. The number of likely N-dealkylation sites (N-methyl/N-ethyl adjacent to an activating group) is 1. The molecular weight excluding hydrogens is 152 g/mol. The third-order valence-electron chi connectivity index (χ3n) is 2.19. The molecule has 12 heavy (non-hydrogen) atoms. The van der Waals surface area contributed by atoms with E-state index in [4.69, 9.17) is 6.92 Å². The monoisotopic (exact) mass is 168 g/mol. The lowest BCUT2D eigenvalue weighted by Gasteiger charge is -2.17. The lowest BCUT2D eigenvalue weighted by atomic mass is 10.3. The van der Waals surface area contributed by atoms with Crippen LogP contribution in [-0.2, 0) is 4.79 Å². The van der Waals surface area contributed by atoms with Crippen LogP contribution in [0.3, 0.4) is 0 Å². The third-order valence-corrected chi connectivity index (χ3v) is 2.19. The Labute approximate surface area is 74.3 Å². The second-order valence-electron chi connectivity index (χ2n) is 3.40. The molecule has 1 fully saturated rings. The van der Waals surface area contributed by atoms with Crippen LogP contribution in [0.2, 0.25) is 0 Å². The summed E-state index contributed by atoms with van der Waals surface area (Å²) in [6.07, 6.45) is 1.13. The van der Waals surface area contributed by atoms with E-state index >= 15 is 0 Å². The van der Waals surface area contributed by atoms with Crippen LogP contribution in [0.5, 0.6) is 0 Å². The summed E-state index contributed by atoms with van der Waals surface area (Å²) in [5.74, 6) is -0.223.